The van der Waals surface area contributed by atoms with Crippen molar-refractivity contribution in [3.05, 3.63) is 92.9 Å². The number of esters is 1. The fraction of sp³-hybridized carbons (Fsp3) is 0.455. The number of halogens is 1. The zero-order valence-corrected chi connectivity index (χ0v) is 24.7. The van der Waals surface area contributed by atoms with Gasteiger partial charge in [0.15, 0.2) is 0 Å². The monoisotopic (exact) mass is 575 g/mol. The molecule has 0 aliphatic heterocycles. The summed E-state index contributed by atoms with van der Waals surface area (Å²) in [4.78, 5) is 38.8. The molecule has 1 amide bonds. The Morgan fingerprint density at radius 3 is 2.41 bits per heavy atom. The highest BCUT2D eigenvalue weighted by molar-refractivity contribution is 6.29. The van der Waals surface area contributed by atoms with Crippen molar-refractivity contribution < 1.29 is 14.3 Å². The van der Waals surface area contributed by atoms with Gasteiger partial charge in [0.25, 0.3) is 5.56 Å². The molecule has 1 heterocycles. The molecule has 3 aromatic rings. The predicted molar refractivity (Wildman–Crippen MR) is 160 cm³/mol. The lowest BCUT2D eigenvalue weighted by Gasteiger charge is -2.24. The van der Waals surface area contributed by atoms with Crippen LogP contribution in [0.1, 0.15) is 81.9 Å². The van der Waals surface area contributed by atoms with Crippen LogP contribution in [0, 0.1) is 11.3 Å². The predicted octanol–water partition coefficient (Wildman–Crippen LogP) is 6.52. The Labute approximate surface area is 246 Å². The molecule has 1 unspecified atom stereocenters. The first-order chi connectivity index (χ1) is 19.5. The molecule has 2 fully saturated rings. The second-order valence-corrected chi connectivity index (χ2v) is 13.0. The summed E-state index contributed by atoms with van der Waals surface area (Å²) >= 11 is 5.97. The van der Waals surface area contributed by atoms with Gasteiger partial charge in [0, 0.05) is 11.8 Å². The van der Waals surface area contributed by atoms with Crippen LogP contribution < -0.4 is 10.9 Å². The normalized spacial score (nSPS) is 17.2. The smallest absolute Gasteiger partial charge is 0.312 e. The first kappa shape index (κ1) is 29.1. The molecule has 2 aromatic carbocycles. The third-order valence-electron chi connectivity index (χ3n) is 8.08. The van der Waals surface area contributed by atoms with Crippen molar-refractivity contribution >= 4 is 29.2 Å². The fourth-order valence-electron chi connectivity index (χ4n) is 5.83. The van der Waals surface area contributed by atoms with Gasteiger partial charge in [0.05, 0.1) is 17.9 Å². The minimum atomic E-state index is -0.514. The molecule has 0 spiro atoms. The fourth-order valence-corrected chi connectivity index (χ4v) is 5.98. The van der Waals surface area contributed by atoms with E-state index < -0.39 is 11.0 Å². The lowest BCUT2D eigenvalue weighted by atomic mass is 9.83. The number of benzene rings is 2. The summed E-state index contributed by atoms with van der Waals surface area (Å²) in [6, 6.07) is 18.6. The van der Waals surface area contributed by atoms with Crippen LogP contribution >= 0.6 is 11.6 Å². The number of rotatable bonds is 9. The average Bonchev–Trinajstić information content (AvgIpc) is 3.50. The summed E-state index contributed by atoms with van der Waals surface area (Å²) < 4.78 is 7.02. The number of nitrogens with one attached hydrogen (secondary N) is 1. The van der Waals surface area contributed by atoms with E-state index in [1.807, 2.05) is 69.3 Å². The number of carbonyl (C=O) groups is 2. The van der Waals surface area contributed by atoms with Crippen molar-refractivity contribution in [3.63, 3.8) is 0 Å². The molecule has 216 valence electrons. The summed E-state index contributed by atoms with van der Waals surface area (Å²) in [7, 11) is 0. The van der Waals surface area contributed by atoms with Crippen LogP contribution in [0.25, 0.3) is 0 Å². The largest absolute Gasteiger partial charge is 0.460 e. The molecule has 1 N–H and O–H groups in total. The number of hydrogen-bond donors (Lipinski definition) is 1. The zero-order chi connectivity index (χ0) is 29.2. The first-order valence-electron chi connectivity index (χ1n) is 14.5. The minimum absolute atomic E-state index is 0.0252. The van der Waals surface area contributed by atoms with Crippen LogP contribution in [0.3, 0.4) is 0 Å². The lowest BCUT2D eigenvalue weighted by Crippen LogP contribution is -2.30. The van der Waals surface area contributed by atoms with Crippen molar-refractivity contribution in [2.24, 2.45) is 11.3 Å². The molecule has 8 heteroatoms. The second-order valence-electron chi connectivity index (χ2n) is 12.6. The number of amides is 1. The highest BCUT2D eigenvalue weighted by Gasteiger charge is 2.52. The number of aromatic nitrogens is 2. The van der Waals surface area contributed by atoms with Gasteiger partial charge < -0.3 is 10.1 Å². The number of ether oxygens (including phenoxy) is 1. The van der Waals surface area contributed by atoms with Crippen molar-refractivity contribution in [1.82, 2.24) is 9.78 Å². The summed E-state index contributed by atoms with van der Waals surface area (Å²) in [5.41, 5.74) is 2.42. The minimum Gasteiger partial charge on any atom is -0.460 e. The van der Waals surface area contributed by atoms with Gasteiger partial charge >= 0.3 is 5.97 Å². The summed E-state index contributed by atoms with van der Waals surface area (Å²) in [6.07, 6.45) is 6.51. The van der Waals surface area contributed by atoms with Gasteiger partial charge in [0.2, 0.25) is 5.91 Å². The summed E-state index contributed by atoms with van der Waals surface area (Å²) in [5.74, 6) is -0.176. The number of hydrogen-bond acceptors (Lipinski definition) is 5. The van der Waals surface area contributed by atoms with E-state index >= 15 is 0 Å². The maximum Gasteiger partial charge on any atom is 0.312 e. The molecule has 41 heavy (non-hydrogen) atoms. The van der Waals surface area contributed by atoms with E-state index in [-0.39, 0.29) is 34.4 Å². The van der Waals surface area contributed by atoms with Crippen LogP contribution in [0.2, 0.25) is 5.15 Å². The molecule has 7 nitrogen and oxygen atoms in total. The molecule has 2 saturated carbocycles. The highest BCUT2D eigenvalue weighted by atomic mass is 35.5. The van der Waals surface area contributed by atoms with Gasteiger partial charge in [-0.05, 0) is 93.7 Å². The molecule has 0 bridgehead atoms. The van der Waals surface area contributed by atoms with E-state index in [0.29, 0.717) is 13.0 Å². The molecular formula is C33H38ClN3O4. The van der Waals surface area contributed by atoms with Gasteiger partial charge in [-0.3, -0.25) is 14.4 Å². The quantitative estimate of drug-likeness (QED) is 0.293. The Balaban J connectivity index is 1.30. The van der Waals surface area contributed by atoms with Gasteiger partial charge in [-0.1, -0.05) is 60.8 Å². The van der Waals surface area contributed by atoms with E-state index in [2.05, 4.69) is 10.4 Å². The van der Waals surface area contributed by atoms with Crippen LogP contribution in [0.5, 0.6) is 0 Å². The Hall–Kier alpha value is -3.45. The SMILES string of the molecule is CC(C)(C)OC(=O)C1(Cc2cccc(NC(=O)C(c3ccc(Cn4nc(Cl)ccc4=O)cc3)C3CCCC3)c2)CC1. The van der Waals surface area contributed by atoms with Crippen LogP contribution in [0.4, 0.5) is 5.69 Å². The van der Waals surface area contributed by atoms with Gasteiger partial charge in [0.1, 0.15) is 10.8 Å². The van der Waals surface area contributed by atoms with Crippen molar-refractivity contribution in [1.29, 1.82) is 0 Å². The van der Waals surface area contributed by atoms with Crippen molar-refractivity contribution in [2.75, 3.05) is 5.32 Å². The lowest BCUT2D eigenvalue weighted by molar-refractivity contribution is -0.161. The maximum atomic E-state index is 13.8. The summed E-state index contributed by atoms with van der Waals surface area (Å²) in [6.45, 7) is 5.98. The highest BCUT2D eigenvalue weighted by Crippen LogP contribution is 2.50. The molecule has 0 radical (unpaired) electrons. The summed E-state index contributed by atoms with van der Waals surface area (Å²) in [5, 5.41) is 7.54. The van der Waals surface area contributed by atoms with Crippen molar-refractivity contribution in [2.45, 2.75) is 83.8 Å². The van der Waals surface area contributed by atoms with Gasteiger partial charge in [-0.2, -0.15) is 5.10 Å². The molecular weight excluding hydrogens is 538 g/mol. The Bertz CT molecular complexity index is 1460. The van der Waals surface area contributed by atoms with E-state index in [1.54, 1.807) is 0 Å². The van der Waals surface area contributed by atoms with E-state index in [9.17, 15) is 14.4 Å². The van der Waals surface area contributed by atoms with Crippen molar-refractivity contribution in [3.8, 4) is 0 Å². The number of anilines is 1. The Morgan fingerprint density at radius 2 is 1.76 bits per heavy atom. The van der Waals surface area contributed by atoms with Gasteiger partial charge in [-0.15, -0.1) is 0 Å². The molecule has 2 aliphatic rings. The van der Waals surface area contributed by atoms with Gasteiger partial charge in [-0.25, -0.2) is 4.68 Å². The van der Waals surface area contributed by atoms with Crippen LogP contribution in [0.15, 0.2) is 65.5 Å². The zero-order valence-electron chi connectivity index (χ0n) is 24.0. The maximum absolute atomic E-state index is 13.8. The molecule has 5 rings (SSSR count). The topological polar surface area (TPSA) is 90.3 Å². The standard InChI is InChI=1S/C33H38ClN3O4/c1-32(2,3)41-31(40)33(17-18-33)20-23-7-6-10-26(19-23)35-30(39)29(24-8-4-5-9-24)25-13-11-22(12-14-25)21-37-28(38)16-15-27(34)36-37/h6-7,10-16,19,24,29H,4-5,8-9,17-18,20-21H2,1-3H3,(H,35,39). The second kappa shape index (κ2) is 11.8. The number of nitrogens with zero attached hydrogens (tertiary/aromatic N) is 2. The molecule has 2 aliphatic carbocycles. The van der Waals surface area contributed by atoms with Crippen LogP contribution in [-0.2, 0) is 27.3 Å². The van der Waals surface area contributed by atoms with Crippen LogP contribution in [-0.4, -0.2) is 27.3 Å². The van der Waals surface area contributed by atoms with E-state index in [1.165, 1.54) is 16.8 Å². The number of carbonyl (C=O) groups excluding carboxylic acids is 2. The Kier molecular flexibility index (Phi) is 8.37. The molecule has 1 atom stereocenters. The first-order valence-corrected chi connectivity index (χ1v) is 14.8. The molecule has 1 aromatic heterocycles. The Morgan fingerprint density at radius 1 is 1.05 bits per heavy atom. The average molecular weight is 576 g/mol. The third-order valence-corrected chi connectivity index (χ3v) is 8.28. The van der Waals surface area contributed by atoms with E-state index in [0.717, 1.165) is 60.9 Å². The molecule has 0 saturated heterocycles. The third kappa shape index (κ3) is 7.25. The van der Waals surface area contributed by atoms with E-state index in [4.69, 9.17) is 16.3 Å².